The molecule has 0 spiro atoms. The second-order valence-electron chi connectivity index (χ2n) is 5.04. The zero-order chi connectivity index (χ0) is 14.8. The highest BCUT2D eigenvalue weighted by Gasteiger charge is 2.08. The lowest BCUT2D eigenvalue weighted by Crippen LogP contribution is -2.14. The molecule has 0 saturated heterocycles. The van der Waals surface area contributed by atoms with Crippen molar-refractivity contribution in [3.63, 3.8) is 0 Å². The van der Waals surface area contributed by atoms with Crippen LogP contribution in [0.2, 0.25) is 0 Å². The molecule has 0 unspecified atom stereocenters. The van der Waals surface area contributed by atoms with Crippen LogP contribution in [0, 0.1) is 13.8 Å². The molecule has 2 aromatic heterocycles. The lowest BCUT2D eigenvalue weighted by Gasteiger charge is -2.02. The Morgan fingerprint density at radius 1 is 1.19 bits per heavy atom. The molecule has 0 aliphatic carbocycles. The first-order valence-corrected chi connectivity index (χ1v) is 6.78. The van der Waals surface area contributed by atoms with Crippen LogP contribution in [-0.4, -0.2) is 19.7 Å². The second kappa shape index (κ2) is 5.36. The van der Waals surface area contributed by atoms with Crippen LogP contribution in [0.15, 0.2) is 47.5 Å². The Morgan fingerprint density at radius 3 is 2.67 bits per heavy atom. The Labute approximate surface area is 122 Å². The molecule has 5 nitrogen and oxygen atoms in total. The van der Waals surface area contributed by atoms with Crippen LogP contribution in [0.5, 0.6) is 0 Å². The zero-order valence-corrected chi connectivity index (χ0v) is 12.0. The number of hydrogen-bond donors (Lipinski definition) is 1. The Hall–Kier alpha value is -2.69. The van der Waals surface area contributed by atoms with Gasteiger partial charge >= 0.3 is 0 Å². The van der Waals surface area contributed by atoms with E-state index in [1.54, 1.807) is 13.1 Å². The van der Waals surface area contributed by atoms with Gasteiger partial charge in [0, 0.05) is 17.5 Å². The molecule has 0 radical (unpaired) electrons. The van der Waals surface area contributed by atoms with Crippen LogP contribution in [0.1, 0.15) is 16.8 Å². The van der Waals surface area contributed by atoms with Crippen LogP contribution >= 0.6 is 0 Å². The first-order chi connectivity index (χ1) is 10.1. The summed E-state index contributed by atoms with van der Waals surface area (Å²) in [5.74, 6) is 0.558. The summed E-state index contributed by atoms with van der Waals surface area (Å²) in [6, 6.07) is 10.1. The Morgan fingerprint density at radius 2 is 1.95 bits per heavy atom. The lowest BCUT2D eigenvalue weighted by molar-refractivity contribution is 0.687. The highest BCUT2D eigenvalue weighted by molar-refractivity contribution is 5.52. The van der Waals surface area contributed by atoms with Gasteiger partial charge in [0.05, 0.1) is 18.3 Å². The lowest BCUT2D eigenvalue weighted by atomic mass is 10.2. The van der Waals surface area contributed by atoms with Crippen molar-refractivity contribution in [2.75, 3.05) is 0 Å². The molecule has 0 saturated carbocycles. The summed E-state index contributed by atoms with van der Waals surface area (Å²) < 4.78 is 1.83. The summed E-state index contributed by atoms with van der Waals surface area (Å²) in [5.41, 5.74) is 3.27. The Balaban J connectivity index is 1.90. The minimum absolute atomic E-state index is 0.103. The fraction of sp³-hybridized carbons (Fsp3) is 0.188. The summed E-state index contributed by atoms with van der Waals surface area (Å²) >= 11 is 0. The molecule has 1 N–H and O–H groups in total. The third kappa shape index (κ3) is 2.76. The van der Waals surface area contributed by atoms with E-state index < -0.39 is 0 Å². The summed E-state index contributed by atoms with van der Waals surface area (Å²) in [7, 11) is 0. The number of hydrogen-bond acceptors (Lipinski definition) is 3. The number of rotatable bonds is 3. The predicted octanol–water partition coefficient (Wildman–Crippen LogP) is 2.30. The maximum atomic E-state index is 11.8. The van der Waals surface area contributed by atoms with Gasteiger partial charge in [0.15, 0.2) is 0 Å². The minimum Gasteiger partial charge on any atom is -0.306 e. The smallest absolute Gasteiger partial charge is 0.254 e. The quantitative estimate of drug-likeness (QED) is 0.800. The van der Waals surface area contributed by atoms with Crippen LogP contribution < -0.4 is 5.56 Å². The van der Waals surface area contributed by atoms with Gasteiger partial charge in [-0.3, -0.25) is 9.48 Å². The molecular formula is C16H16N4O. The summed E-state index contributed by atoms with van der Waals surface area (Å²) in [6.07, 6.45) is 3.61. The monoisotopic (exact) mass is 280 g/mol. The van der Waals surface area contributed by atoms with E-state index in [4.69, 9.17) is 0 Å². The first-order valence-electron chi connectivity index (χ1n) is 6.78. The third-order valence-electron chi connectivity index (χ3n) is 3.49. The van der Waals surface area contributed by atoms with Crippen molar-refractivity contribution >= 4 is 0 Å². The molecule has 5 heteroatoms. The van der Waals surface area contributed by atoms with E-state index in [1.165, 1.54) is 5.56 Å². The molecule has 3 aromatic rings. The van der Waals surface area contributed by atoms with Gasteiger partial charge in [0.2, 0.25) is 0 Å². The first kappa shape index (κ1) is 13.3. The molecule has 3 rings (SSSR count). The van der Waals surface area contributed by atoms with E-state index in [0.717, 1.165) is 11.3 Å². The SMILES string of the molecule is Cc1nc(-c2cnn(Cc3ccccc3)c2)[nH]c(=O)c1C. The molecule has 0 aliphatic heterocycles. The van der Waals surface area contributed by atoms with E-state index in [2.05, 4.69) is 27.2 Å². The van der Waals surface area contributed by atoms with E-state index in [1.807, 2.05) is 36.0 Å². The molecule has 0 bridgehead atoms. The van der Waals surface area contributed by atoms with Crippen molar-refractivity contribution in [1.82, 2.24) is 19.7 Å². The number of aromatic amines is 1. The maximum absolute atomic E-state index is 11.8. The topological polar surface area (TPSA) is 63.6 Å². The van der Waals surface area contributed by atoms with Crippen LogP contribution in [0.25, 0.3) is 11.4 Å². The fourth-order valence-electron chi connectivity index (χ4n) is 2.12. The number of benzene rings is 1. The number of aromatic nitrogens is 4. The average molecular weight is 280 g/mol. The van der Waals surface area contributed by atoms with E-state index >= 15 is 0 Å². The molecule has 0 amide bonds. The number of aryl methyl sites for hydroxylation is 1. The highest BCUT2D eigenvalue weighted by atomic mass is 16.1. The number of nitrogens with zero attached hydrogens (tertiary/aromatic N) is 3. The van der Waals surface area contributed by atoms with Crippen LogP contribution in [0.3, 0.4) is 0 Å². The molecule has 0 fully saturated rings. The normalized spacial score (nSPS) is 10.8. The summed E-state index contributed by atoms with van der Waals surface area (Å²) in [5, 5.41) is 4.32. The van der Waals surface area contributed by atoms with E-state index in [9.17, 15) is 4.79 Å². The van der Waals surface area contributed by atoms with Crippen molar-refractivity contribution < 1.29 is 0 Å². The highest BCUT2D eigenvalue weighted by Crippen LogP contribution is 2.14. The van der Waals surface area contributed by atoms with Gasteiger partial charge in [-0.15, -0.1) is 0 Å². The Bertz CT molecular complexity index is 818. The van der Waals surface area contributed by atoms with Crippen LogP contribution in [-0.2, 0) is 6.54 Å². The van der Waals surface area contributed by atoms with Gasteiger partial charge in [0.1, 0.15) is 5.82 Å². The molecule has 0 atom stereocenters. The van der Waals surface area contributed by atoms with Crippen LogP contribution in [0.4, 0.5) is 0 Å². The van der Waals surface area contributed by atoms with Gasteiger partial charge in [-0.2, -0.15) is 5.10 Å². The van der Waals surface area contributed by atoms with Crippen molar-refractivity contribution in [1.29, 1.82) is 0 Å². The standard InChI is InChI=1S/C16H16N4O/c1-11-12(2)18-15(19-16(11)21)14-8-17-20(10-14)9-13-6-4-3-5-7-13/h3-8,10H,9H2,1-2H3,(H,18,19,21). The molecular weight excluding hydrogens is 264 g/mol. The molecule has 106 valence electrons. The average Bonchev–Trinajstić information content (AvgIpc) is 2.94. The summed E-state index contributed by atoms with van der Waals surface area (Å²) in [4.78, 5) is 19.0. The Kier molecular flexibility index (Phi) is 3.39. The molecule has 2 heterocycles. The number of H-pyrrole nitrogens is 1. The fourth-order valence-corrected chi connectivity index (χ4v) is 2.12. The van der Waals surface area contributed by atoms with Crippen molar-refractivity contribution in [3.05, 3.63) is 69.9 Å². The summed E-state index contributed by atoms with van der Waals surface area (Å²) in [6.45, 7) is 4.29. The van der Waals surface area contributed by atoms with Crippen molar-refractivity contribution in [3.8, 4) is 11.4 Å². The van der Waals surface area contributed by atoms with Crippen molar-refractivity contribution in [2.24, 2.45) is 0 Å². The number of nitrogens with one attached hydrogen (secondary N) is 1. The second-order valence-corrected chi connectivity index (χ2v) is 5.04. The van der Waals surface area contributed by atoms with Gasteiger partial charge in [-0.05, 0) is 19.4 Å². The molecule has 0 aliphatic rings. The zero-order valence-electron chi connectivity index (χ0n) is 12.0. The molecule has 1 aromatic carbocycles. The minimum atomic E-state index is -0.103. The predicted molar refractivity (Wildman–Crippen MR) is 81.1 cm³/mol. The van der Waals surface area contributed by atoms with Gasteiger partial charge in [-0.25, -0.2) is 4.98 Å². The van der Waals surface area contributed by atoms with E-state index in [-0.39, 0.29) is 5.56 Å². The third-order valence-corrected chi connectivity index (χ3v) is 3.49. The largest absolute Gasteiger partial charge is 0.306 e. The van der Waals surface area contributed by atoms with Gasteiger partial charge < -0.3 is 4.98 Å². The van der Waals surface area contributed by atoms with Crippen molar-refractivity contribution in [2.45, 2.75) is 20.4 Å². The van der Waals surface area contributed by atoms with E-state index in [0.29, 0.717) is 17.9 Å². The maximum Gasteiger partial charge on any atom is 0.254 e. The molecule has 21 heavy (non-hydrogen) atoms. The van der Waals surface area contributed by atoms with Gasteiger partial charge in [0.25, 0.3) is 5.56 Å². The van der Waals surface area contributed by atoms with Gasteiger partial charge in [-0.1, -0.05) is 30.3 Å².